The van der Waals surface area contributed by atoms with Crippen molar-refractivity contribution in [2.75, 3.05) is 13.7 Å². The Hall–Kier alpha value is -3.77. The highest BCUT2D eigenvalue weighted by atomic mass is 35.5. The van der Waals surface area contributed by atoms with Gasteiger partial charge in [-0.1, -0.05) is 62.1 Å². The lowest BCUT2D eigenvalue weighted by molar-refractivity contribution is 0.0714. The Morgan fingerprint density at radius 2 is 1.66 bits per heavy atom. The summed E-state index contributed by atoms with van der Waals surface area (Å²) in [5.41, 5.74) is 2.12. The number of hydrogen-bond acceptors (Lipinski definition) is 5. The number of hydrogen-bond donors (Lipinski definition) is 0. The maximum atomic E-state index is 13.7. The third-order valence-corrected chi connectivity index (χ3v) is 7.14. The largest absolute Gasteiger partial charge is 0.497 e. The lowest BCUT2D eigenvalue weighted by atomic mass is 9.98. The molecule has 196 valence electrons. The number of halogens is 1. The van der Waals surface area contributed by atoms with Gasteiger partial charge >= 0.3 is 0 Å². The van der Waals surface area contributed by atoms with E-state index in [1.807, 2.05) is 48.5 Å². The van der Waals surface area contributed by atoms with Crippen molar-refractivity contribution in [2.45, 2.75) is 45.2 Å². The first-order valence-corrected chi connectivity index (χ1v) is 13.3. The van der Waals surface area contributed by atoms with Gasteiger partial charge in [0.25, 0.3) is 5.91 Å². The van der Waals surface area contributed by atoms with Crippen molar-refractivity contribution in [1.29, 1.82) is 0 Å². The number of ether oxygens (including phenoxy) is 2. The molecule has 1 aromatic heterocycles. The fourth-order valence-corrected chi connectivity index (χ4v) is 5.07. The zero-order chi connectivity index (χ0) is 26.6. The van der Waals surface area contributed by atoms with Crippen molar-refractivity contribution >= 4 is 28.5 Å². The van der Waals surface area contributed by atoms with Gasteiger partial charge in [-0.25, -0.2) is 0 Å². The van der Waals surface area contributed by atoms with Crippen molar-refractivity contribution < 1.29 is 18.7 Å². The van der Waals surface area contributed by atoms with Crippen LogP contribution in [-0.4, -0.2) is 24.5 Å². The summed E-state index contributed by atoms with van der Waals surface area (Å²) in [6.45, 7) is 3.13. The molecule has 7 heteroatoms. The fraction of sp³-hybridized carbons (Fsp3) is 0.290. The summed E-state index contributed by atoms with van der Waals surface area (Å²) in [5.74, 6) is 1.23. The van der Waals surface area contributed by atoms with Crippen LogP contribution in [0, 0.1) is 0 Å². The second kappa shape index (κ2) is 11.3. The lowest BCUT2D eigenvalue weighted by Crippen LogP contribution is -2.29. The van der Waals surface area contributed by atoms with Crippen LogP contribution >= 0.6 is 11.6 Å². The Bertz CT molecular complexity index is 1490. The highest BCUT2D eigenvalue weighted by Gasteiger charge is 2.42. The number of rotatable bonds is 10. The molecule has 38 heavy (non-hydrogen) atoms. The molecule has 5 rings (SSSR count). The monoisotopic (exact) mass is 531 g/mol. The molecule has 0 fully saturated rings. The summed E-state index contributed by atoms with van der Waals surface area (Å²) in [4.78, 5) is 29.1. The third kappa shape index (κ3) is 5.14. The fourth-order valence-electron chi connectivity index (χ4n) is 4.90. The van der Waals surface area contributed by atoms with Crippen LogP contribution < -0.4 is 14.9 Å². The van der Waals surface area contributed by atoms with E-state index < -0.39 is 6.04 Å². The SMILES string of the molecule is CCCCCCOc1ccc(C2c3c(oc4ccc(Cl)cc4c3=O)C(=O)N2Cc2ccc(OC)cc2)cc1. The standard InChI is InChI=1S/C31H30ClNO5/c1-3-4-5-6-17-37-24-14-9-21(10-15-24)28-27-29(34)25-18-22(32)11-16-26(25)38-30(27)31(35)33(28)19-20-7-12-23(36-2)13-8-20/h7-16,18,28H,3-6,17,19H2,1-2H3. The summed E-state index contributed by atoms with van der Waals surface area (Å²) in [7, 11) is 1.61. The Kier molecular flexibility index (Phi) is 7.70. The number of carbonyl (C=O) groups is 1. The number of carbonyl (C=O) groups excluding carboxylic acids is 1. The minimum Gasteiger partial charge on any atom is -0.497 e. The van der Waals surface area contributed by atoms with E-state index in [-0.39, 0.29) is 17.1 Å². The van der Waals surface area contributed by atoms with E-state index in [9.17, 15) is 9.59 Å². The summed E-state index contributed by atoms with van der Waals surface area (Å²) in [5, 5.41) is 0.786. The number of amides is 1. The zero-order valence-corrected chi connectivity index (χ0v) is 22.3. The third-order valence-electron chi connectivity index (χ3n) is 6.90. The average molecular weight is 532 g/mol. The molecule has 1 aliphatic heterocycles. The van der Waals surface area contributed by atoms with Gasteiger partial charge in [0.05, 0.1) is 30.7 Å². The maximum absolute atomic E-state index is 13.7. The van der Waals surface area contributed by atoms with E-state index in [0.717, 1.165) is 35.5 Å². The van der Waals surface area contributed by atoms with Crippen molar-refractivity contribution in [3.63, 3.8) is 0 Å². The molecule has 3 aromatic carbocycles. The van der Waals surface area contributed by atoms with Crippen LogP contribution in [0.15, 0.2) is 75.9 Å². The highest BCUT2D eigenvalue weighted by molar-refractivity contribution is 6.31. The predicted molar refractivity (Wildman–Crippen MR) is 148 cm³/mol. The smallest absolute Gasteiger partial charge is 0.291 e. The van der Waals surface area contributed by atoms with E-state index in [2.05, 4.69) is 6.92 Å². The molecular formula is C31H30ClNO5. The van der Waals surface area contributed by atoms with Gasteiger partial charge in [-0.05, 0) is 60.0 Å². The molecule has 1 unspecified atom stereocenters. The molecule has 0 N–H and O–H groups in total. The molecule has 4 aromatic rings. The molecule has 0 saturated heterocycles. The lowest BCUT2D eigenvalue weighted by Gasteiger charge is -2.25. The quantitative estimate of drug-likeness (QED) is 0.203. The van der Waals surface area contributed by atoms with Gasteiger partial charge in [-0.2, -0.15) is 0 Å². The molecule has 0 saturated carbocycles. The number of fused-ring (bicyclic) bond motifs is 2. The molecule has 0 radical (unpaired) electrons. The second-order valence-electron chi connectivity index (χ2n) is 9.48. The summed E-state index contributed by atoms with van der Waals surface area (Å²) < 4.78 is 17.2. The maximum Gasteiger partial charge on any atom is 0.291 e. The van der Waals surface area contributed by atoms with Crippen molar-refractivity contribution in [3.8, 4) is 11.5 Å². The topological polar surface area (TPSA) is 69.0 Å². The van der Waals surface area contributed by atoms with E-state index in [1.54, 1.807) is 30.2 Å². The molecule has 0 aliphatic carbocycles. The van der Waals surface area contributed by atoms with Gasteiger partial charge in [-0.15, -0.1) is 0 Å². The van der Waals surface area contributed by atoms with E-state index >= 15 is 0 Å². The number of methoxy groups -OCH3 is 1. The molecular weight excluding hydrogens is 502 g/mol. The van der Waals surface area contributed by atoms with E-state index in [4.69, 9.17) is 25.5 Å². The summed E-state index contributed by atoms with van der Waals surface area (Å²) in [6, 6.07) is 19.4. The Labute approximate surface area is 226 Å². The van der Waals surface area contributed by atoms with Crippen molar-refractivity contribution in [2.24, 2.45) is 0 Å². The van der Waals surface area contributed by atoms with Gasteiger partial charge in [0.1, 0.15) is 17.1 Å². The molecule has 6 nitrogen and oxygen atoms in total. The molecule has 0 bridgehead atoms. The van der Waals surface area contributed by atoms with E-state index in [1.165, 1.54) is 12.8 Å². The van der Waals surface area contributed by atoms with Gasteiger partial charge in [0.15, 0.2) is 5.43 Å². The van der Waals surface area contributed by atoms with Crippen LogP contribution in [0.1, 0.15) is 65.9 Å². The van der Waals surface area contributed by atoms with Gasteiger partial charge in [0, 0.05) is 11.6 Å². The van der Waals surface area contributed by atoms with E-state index in [0.29, 0.717) is 34.7 Å². The van der Waals surface area contributed by atoms with Crippen LogP contribution in [0.2, 0.25) is 5.02 Å². The Morgan fingerprint density at radius 1 is 0.921 bits per heavy atom. The summed E-state index contributed by atoms with van der Waals surface area (Å²) in [6.07, 6.45) is 4.53. The molecule has 1 aliphatic rings. The minimum atomic E-state index is -0.613. The molecule has 0 spiro atoms. The molecule has 2 heterocycles. The van der Waals surface area contributed by atoms with Crippen molar-refractivity contribution in [1.82, 2.24) is 4.90 Å². The van der Waals surface area contributed by atoms with Gasteiger partial charge < -0.3 is 18.8 Å². The summed E-state index contributed by atoms with van der Waals surface area (Å²) >= 11 is 6.19. The first-order valence-electron chi connectivity index (χ1n) is 12.9. The van der Waals surface area contributed by atoms with Crippen LogP contribution in [0.3, 0.4) is 0 Å². The van der Waals surface area contributed by atoms with Crippen LogP contribution in [0.5, 0.6) is 11.5 Å². The molecule has 1 amide bonds. The van der Waals surface area contributed by atoms with Gasteiger partial charge in [0.2, 0.25) is 5.76 Å². The first-order chi connectivity index (χ1) is 18.5. The number of unbranched alkanes of at least 4 members (excludes halogenated alkanes) is 3. The van der Waals surface area contributed by atoms with Crippen LogP contribution in [-0.2, 0) is 6.54 Å². The van der Waals surface area contributed by atoms with Crippen molar-refractivity contribution in [3.05, 3.63) is 104 Å². The van der Waals surface area contributed by atoms with Crippen LogP contribution in [0.4, 0.5) is 0 Å². The second-order valence-corrected chi connectivity index (χ2v) is 9.91. The Morgan fingerprint density at radius 3 is 2.37 bits per heavy atom. The van der Waals surface area contributed by atoms with Crippen LogP contribution in [0.25, 0.3) is 11.0 Å². The molecule has 1 atom stereocenters. The number of benzene rings is 3. The first kappa shape index (κ1) is 25.9. The normalized spacial score (nSPS) is 14.7. The highest BCUT2D eigenvalue weighted by Crippen LogP contribution is 2.40. The zero-order valence-electron chi connectivity index (χ0n) is 21.5. The Balaban J connectivity index is 1.52. The minimum absolute atomic E-state index is 0.0691. The van der Waals surface area contributed by atoms with Gasteiger partial charge in [-0.3, -0.25) is 9.59 Å². The number of nitrogens with zero attached hydrogens (tertiary/aromatic N) is 1. The average Bonchev–Trinajstić information content (AvgIpc) is 3.21. The predicted octanol–water partition coefficient (Wildman–Crippen LogP) is 7.16.